The lowest BCUT2D eigenvalue weighted by Crippen LogP contribution is -2.30. The summed E-state index contributed by atoms with van der Waals surface area (Å²) in [5.41, 5.74) is 2.25. The molecule has 1 saturated carbocycles. The maximum absolute atomic E-state index is 11.9. The highest BCUT2D eigenvalue weighted by Crippen LogP contribution is 2.49. The third-order valence-corrected chi connectivity index (χ3v) is 7.27. The minimum atomic E-state index is -0.997. The van der Waals surface area contributed by atoms with Crippen LogP contribution in [0.5, 0.6) is 5.75 Å². The lowest BCUT2D eigenvalue weighted by molar-refractivity contribution is -0.149. The van der Waals surface area contributed by atoms with Crippen molar-refractivity contribution in [3.05, 3.63) is 29.3 Å². The van der Waals surface area contributed by atoms with Gasteiger partial charge < -0.3 is 19.3 Å². The molecule has 3 rings (SSSR count). The number of esters is 2. The van der Waals surface area contributed by atoms with Crippen LogP contribution in [-0.4, -0.2) is 41.8 Å². The number of carboxylic acids is 1. The summed E-state index contributed by atoms with van der Waals surface area (Å²) in [6.07, 6.45) is 7.90. The van der Waals surface area contributed by atoms with Gasteiger partial charge in [0.2, 0.25) is 0 Å². The van der Waals surface area contributed by atoms with Crippen LogP contribution in [0.4, 0.5) is 0 Å². The highest BCUT2D eigenvalue weighted by molar-refractivity contribution is 5.68. The summed E-state index contributed by atoms with van der Waals surface area (Å²) >= 11 is 0. The van der Waals surface area contributed by atoms with Crippen molar-refractivity contribution in [2.24, 2.45) is 17.8 Å². The van der Waals surface area contributed by atoms with Gasteiger partial charge in [0, 0.05) is 13.8 Å². The molecule has 1 fully saturated rings. The second kappa shape index (κ2) is 12.2. The van der Waals surface area contributed by atoms with Gasteiger partial charge in [-0.3, -0.25) is 9.59 Å². The van der Waals surface area contributed by atoms with Crippen molar-refractivity contribution >= 4 is 17.9 Å². The van der Waals surface area contributed by atoms with Crippen molar-refractivity contribution in [1.29, 1.82) is 0 Å². The Kier molecular flexibility index (Phi) is 9.36. The van der Waals surface area contributed by atoms with Crippen LogP contribution in [0.1, 0.15) is 76.8 Å². The molecule has 34 heavy (non-hydrogen) atoms. The van der Waals surface area contributed by atoms with E-state index in [-0.39, 0.29) is 36.7 Å². The number of aliphatic carboxylic acids is 1. The lowest BCUT2D eigenvalue weighted by atomic mass is 9.73. The van der Waals surface area contributed by atoms with Gasteiger partial charge in [0.1, 0.15) is 18.0 Å². The first-order chi connectivity index (χ1) is 16.3. The predicted octanol–water partition coefficient (Wildman–Crippen LogP) is 4.72. The summed E-state index contributed by atoms with van der Waals surface area (Å²) < 4.78 is 17.0. The molecule has 0 aromatic heterocycles. The van der Waals surface area contributed by atoms with Gasteiger partial charge in [-0.15, -0.1) is 0 Å². The molecule has 5 atom stereocenters. The van der Waals surface area contributed by atoms with Crippen molar-refractivity contribution in [2.45, 2.75) is 90.8 Å². The summed E-state index contributed by atoms with van der Waals surface area (Å²) in [7, 11) is 0. The SMILES string of the molecule is CCCCCC(CCC1C(OC(C)=O)CC2Cc3c(cccc3OCC(=O)O)CC21)OC(C)=O. The van der Waals surface area contributed by atoms with E-state index in [1.807, 2.05) is 12.1 Å². The molecule has 0 spiro atoms. The maximum atomic E-state index is 11.9. The van der Waals surface area contributed by atoms with Gasteiger partial charge in [0.25, 0.3) is 0 Å². The Labute approximate surface area is 202 Å². The lowest BCUT2D eigenvalue weighted by Gasteiger charge is -2.33. The van der Waals surface area contributed by atoms with Crippen LogP contribution in [0.15, 0.2) is 18.2 Å². The molecule has 0 aliphatic heterocycles. The molecule has 7 nitrogen and oxygen atoms in total. The molecule has 0 radical (unpaired) electrons. The van der Waals surface area contributed by atoms with Crippen LogP contribution in [0.2, 0.25) is 0 Å². The number of unbranched alkanes of at least 4 members (excludes halogenated alkanes) is 2. The molecule has 188 valence electrons. The molecular formula is C27H38O7. The number of hydrogen-bond acceptors (Lipinski definition) is 6. The zero-order chi connectivity index (χ0) is 24.7. The summed E-state index contributed by atoms with van der Waals surface area (Å²) in [5, 5.41) is 9.00. The van der Waals surface area contributed by atoms with Crippen molar-refractivity contribution < 1.29 is 33.7 Å². The maximum Gasteiger partial charge on any atom is 0.341 e. The quantitative estimate of drug-likeness (QED) is 0.345. The summed E-state index contributed by atoms with van der Waals surface area (Å²) in [5.74, 6) is 0.0257. The number of carboxylic acid groups (broad SMARTS) is 1. The molecular weight excluding hydrogens is 436 g/mol. The fourth-order valence-electron chi connectivity index (χ4n) is 5.90. The number of carbonyl (C=O) groups excluding carboxylic acids is 2. The topological polar surface area (TPSA) is 99.1 Å². The number of carbonyl (C=O) groups is 3. The fourth-order valence-corrected chi connectivity index (χ4v) is 5.90. The number of fused-ring (bicyclic) bond motifs is 2. The first kappa shape index (κ1) is 26.0. The standard InChI is InChI=1S/C27H38O7/c1-4-5-6-9-21(33-17(2)28)11-12-22-23-13-19-8-7-10-25(32-16-27(30)31)24(19)14-20(23)15-26(22)34-18(3)29/h7-8,10,20-23,26H,4-6,9,11-16H2,1-3H3,(H,30,31). The normalized spacial score (nSPS) is 24.0. The van der Waals surface area contributed by atoms with E-state index in [2.05, 4.69) is 13.0 Å². The average Bonchev–Trinajstić information content (AvgIpc) is 3.09. The van der Waals surface area contributed by atoms with Crippen molar-refractivity contribution in [2.75, 3.05) is 6.61 Å². The third-order valence-electron chi connectivity index (χ3n) is 7.27. The Morgan fingerprint density at radius 1 is 1.09 bits per heavy atom. The van der Waals surface area contributed by atoms with Crippen LogP contribution in [0.3, 0.4) is 0 Å². The molecule has 2 aliphatic carbocycles. The molecule has 2 aliphatic rings. The fraction of sp³-hybridized carbons (Fsp3) is 0.667. The molecule has 1 aromatic carbocycles. The van der Waals surface area contributed by atoms with E-state index in [0.29, 0.717) is 17.6 Å². The van der Waals surface area contributed by atoms with Crippen LogP contribution in [-0.2, 0) is 36.7 Å². The van der Waals surface area contributed by atoms with E-state index >= 15 is 0 Å². The van der Waals surface area contributed by atoms with E-state index in [1.54, 1.807) is 0 Å². The van der Waals surface area contributed by atoms with Crippen LogP contribution in [0.25, 0.3) is 0 Å². The summed E-state index contributed by atoms with van der Waals surface area (Å²) in [6, 6.07) is 5.83. The molecule has 0 amide bonds. The zero-order valence-electron chi connectivity index (χ0n) is 20.6. The van der Waals surface area contributed by atoms with Gasteiger partial charge in [-0.05, 0) is 79.9 Å². The Balaban J connectivity index is 1.74. The van der Waals surface area contributed by atoms with E-state index in [9.17, 15) is 14.4 Å². The smallest absolute Gasteiger partial charge is 0.341 e. The monoisotopic (exact) mass is 474 g/mol. The number of benzene rings is 1. The Morgan fingerprint density at radius 2 is 1.88 bits per heavy atom. The van der Waals surface area contributed by atoms with Gasteiger partial charge in [0.15, 0.2) is 6.61 Å². The first-order valence-corrected chi connectivity index (χ1v) is 12.6. The third kappa shape index (κ3) is 6.97. The van der Waals surface area contributed by atoms with Gasteiger partial charge in [0.05, 0.1) is 0 Å². The Bertz CT molecular complexity index is 865. The van der Waals surface area contributed by atoms with Crippen LogP contribution >= 0.6 is 0 Å². The van der Waals surface area contributed by atoms with Gasteiger partial charge in [-0.2, -0.15) is 0 Å². The molecule has 1 N–H and O–H groups in total. The summed E-state index contributed by atoms with van der Waals surface area (Å²) in [6.45, 7) is 4.71. The molecule has 5 unspecified atom stereocenters. The second-order valence-electron chi connectivity index (χ2n) is 9.76. The minimum absolute atomic E-state index is 0.104. The number of hydrogen-bond donors (Lipinski definition) is 1. The Hall–Kier alpha value is -2.57. The van der Waals surface area contributed by atoms with Crippen molar-refractivity contribution in [3.8, 4) is 5.75 Å². The molecule has 1 aromatic rings. The number of rotatable bonds is 12. The second-order valence-corrected chi connectivity index (χ2v) is 9.76. The van der Waals surface area contributed by atoms with Crippen LogP contribution in [0, 0.1) is 17.8 Å². The van der Waals surface area contributed by atoms with Crippen LogP contribution < -0.4 is 4.74 Å². The van der Waals surface area contributed by atoms with Gasteiger partial charge in [-0.25, -0.2) is 4.79 Å². The largest absolute Gasteiger partial charge is 0.482 e. The van der Waals surface area contributed by atoms with E-state index in [1.165, 1.54) is 19.4 Å². The summed E-state index contributed by atoms with van der Waals surface area (Å²) in [4.78, 5) is 34.5. The van der Waals surface area contributed by atoms with E-state index in [4.69, 9.17) is 19.3 Å². The van der Waals surface area contributed by atoms with Gasteiger partial charge >= 0.3 is 17.9 Å². The van der Waals surface area contributed by atoms with E-state index < -0.39 is 5.97 Å². The highest BCUT2D eigenvalue weighted by atomic mass is 16.5. The first-order valence-electron chi connectivity index (χ1n) is 12.6. The highest BCUT2D eigenvalue weighted by Gasteiger charge is 2.47. The number of ether oxygens (including phenoxy) is 3. The predicted molar refractivity (Wildman–Crippen MR) is 127 cm³/mol. The van der Waals surface area contributed by atoms with E-state index in [0.717, 1.165) is 63.4 Å². The molecule has 7 heteroatoms. The average molecular weight is 475 g/mol. The van der Waals surface area contributed by atoms with Crippen molar-refractivity contribution in [1.82, 2.24) is 0 Å². The molecule has 0 bridgehead atoms. The van der Waals surface area contributed by atoms with Gasteiger partial charge in [-0.1, -0.05) is 31.9 Å². The minimum Gasteiger partial charge on any atom is -0.482 e. The zero-order valence-corrected chi connectivity index (χ0v) is 20.6. The Morgan fingerprint density at radius 3 is 2.56 bits per heavy atom. The molecule has 0 heterocycles. The van der Waals surface area contributed by atoms with Crippen molar-refractivity contribution in [3.63, 3.8) is 0 Å². The molecule has 0 saturated heterocycles.